The van der Waals surface area contributed by atoms with Gasteiger partial charge in [-0.2, -0.15) is 0 Å². The van der Waals surface area contributed by atoms with Crippen LogP contribution in [0.25, 0.3) is 0 Å². The number of carbonyl (C=O) groups is 2. The molecule has 2 fully saturated rings. The molecule has 2 atom stereocenters. The maximum Gasteiger partial charge on any atom is 0.336 e. The highest BCUT2D eigenvalue weighted by molar-refractivity contribution is 6.03. The first-order chi connectivity index (χ1) is 10.6. The fourth-order valence-corrected chi connectivity index (χ4v) is 4.02. The molecule has 5 nitrogen and oxygen atoms in total. The van der Waals surface area contributed by atoms with Crippen LogP contribution < -0.4 is 10.9 Å². The molecule has 0 unspecified atom stereocenters. The fraction of sp³-hybridized carbons (Fsp3) is 0.500. The van der Waals surface area contributed by atoms with E-state index in [2.05, 4.69) is 19.2 Å². The molecule has 1 N–H and O–H groups in total. The van der Waals surface area contributed by atoms with Gasteiger partial charge in [-0.15, -0.1) is 0 Å². The summed E-state index contributed by atoms with van der Waals surface area (Å²) in [5.41, 5.74) is 1.95. The summed E-state index contributed by atoms with van der Waals surface area (Å²) in [7, 11) is 0. The zero-order valence-electron chi connectivity index (χ0n) is 14.1. The second-order valence-corrected chi connectivity index (χ2v) is 7.21. The predicted molar refractivity (Wildman–Crippen MR) is 85.0 cm³/mol. The van der Waals surface area contributed by atoms with Crippen molar-refractivity contribution in [3.63, 3.8) is 0 Å². The summed E-state index contributed by atoms with van der Waals surface area (Å²) in [6.45, 7) is 9.37. The van der Waals surface area contributed by atoms with Crippen molar-refractivity contribution in [2.75, 3.05) is 0 Å². The fourth-order valence-electron chi connectivity index (χ4n) is 4.02. The van der Waals surface area contributed by atoms with Crippen molar-refractivity contribution < 1.29 is 14.0 Å². The van der Waals surface area contributed by atoms with E-state index in [1.54, 1.807) is 20.8 Å². The van der Waals surface area contributed by atoms with Gasteiger partial charge in [-0.05, 0) is 43.6 Å². The van der Waals surface area contributed by atoms with Gasteiger partial charge in [0, 0.05) is 23.8 Å². The van der Waals surface area contributed by atoms with E-state index >= 15 is 0 Å². The van der Waals surface area contributed by atoms with Gasteiger partial charge >= 0.3 is 5.63 Å². The molecule has 0 radical (unpaired) electrons. The van der Waals surface area contributed by atoms with Gasteiger partial charge in [-0.25, -0.2) is 4.79 Å². The third-order valence-electron chi connectivity index (χ3n) is 5.33. The summed E-state index contributed by atoms with van der Waals surface area (Å²) in [5.74, 6) is 0.711. The first-order valence-electron chi connectivity index (χ1n) is 7.81. The minimum absolute atomic E-state index is 0.130. The van der Waals surface area contributed by atoms with Gasteiger partial charge in [0.05, 0.1) is 5.56 Å². The highest BCUT2D eigenvalue weighted by Gasteiger charge is 2.65. The van der Waals surface area contributed by atoms with Crippen LogP contribution in [-0.4, -0.2) is 11.7 Å². The number of Topliss-reactive ketones (excluding diaryl/α,β-unsaturated/α-hetero) is 1. The average Bonchev–Trinajstić information content (AvgIpc) is 2.77. The SMILES string of the molecule is CC(NC(=O)c1c(C)cc(=O)oc1C)=C1C(=O)C[C@@H]2[C@@H]1C2(C)C. The molecule has 1 aromatic heterocycles. The summed E-state index contributed by atoms with van der Waals surface area (Å²) in [4.78, 5) is 36.0. The Kier molecular flexibility index (Phi) is 3.36. The smallest absolute Gasteiger partial charge is 0.336 e. The highest BCUT2D eigenvalue weighted by atomic mass is 16.4. The van der Waals surface area contributed by atoms with Crippen LogP contribution in [0.1, 0.15) is 48.9 Å². The molecular weight excluding hydrogens is 294 g/mol. The molecule has 23 heavy (non-hydrogen) atoms. The minimum Gasteiger partial charge on any atom is -0.427 e. The zero-order valence-corrected chi connectivity index (χ0v) is 14.1. The van der Waals surface area contributed by atoms with Crippen molar-refractivity contribution >= 4 is 11.7 Å². The van der Waals surface area contributed by atoms with Gasteiger partial charge in [0.15, 0.2) is 5.78 Å². The van der Waals surface area contributed by atoms with Crippen molar-refractivity contribution in [1.82, 2.24) is 5.32 Å². The topological polar surface area (TPSA) is 76.4 Å². The second kappa shape index (κ2) is 4.91. The first kappa shape index (κ1) is 15.7. The normalized spacial score (nSPS) is 26.7. The second-order valence-electron chi connectivity index (χ2n) is 7.21. The summed E-state index contributed by atoms with van der Waals surface area (Å²) in [5, 5.41) is 2.82. The lowest BCUT2D eigenvalue weighted by Crippen LogP contribution is -2.27. The number of rotatable bonds is 2. The summed E-state index contributed by atoms with van der Waals surface area (Å²) in [6, 6.07) is 1.30. The van der Waals surface area contributed by atoms with Crippen molar-refractivity contribution in [1.29, 1.82) is 0 Å². The first-order valence-corrected chi connectivity index (χ1v) is 7.81. The molecule has 2 aliphatic carbocycles. The molecule has 1 heterocycles. The standard InChI is InChI=1S/C18H21NO4/c1-8-6-13(21)23-10(3)14(8)17(22)19-9(2)15-12(20)7-11-16(15)18(11,4)5/h6,11,16H,7H2,1-5H3,(H,19,22)/t11-,16+/m1/s1. The molecule has 0 aromatic carbocycles. The molecule has 0 bridgehead atoms. The maximum atomic E-state index is 12.5. The van der Waals surface area contributed by atoms with Crippen LogP contribution in [0.15, 0.2) is 26.5 Å². The number of aryl methyl sites for hydroxylation is 2. The predicted octanol–water partition coefficient (Wildman–Crippen LogP) is 2.51. The number of hydrogen-bond acceptors (Lipinski definition) is 4. The number of hydrogen-bond donors (Lipinski definition) is 1. The molecule has 0 spiro atoms. The Hall–Kier alpha value is -2.17. The quantitative estimate of drug-likeness (QED) is 0.851. The van der Waals surface area contributed by atoms with E-state index in [1.807, 2.05) is 0 Å². The minimum atomic E-state index is -0.472. The van der Waals surface area contributed by atoms with E-state index in [4.69, 9.17) is 4.42 Å². The lowest BCUT2D eigenvalue weighted by molar-refractivity contribution is -0.115. The van der Waals surface area contributed by atoms with Gasteiger partial charge in [-0.3, -0.25) is 9.59 Å². The Morgan fingerprint density at radius 3 is 2.52 bits per heavy atom. The molecular formula is C18H21NO4. The monoisotopic (exact) mass is 315 g/mol. The number of ketones is 1. The van der Waals surface area contributed by atoms with E-state index in [0.717, 1.165) is 5.57 Å². The number of fused-ring (bicyclic) bond motifs is 1. The molecule has 5 heteroatoms. The van der Waals surface area contributed by atoms with Crippen molar-refractivity contribution in [3.8, 4) is 0 Å². The van der Waals surface area contributed by atoms with Crippen LogP contribution in [0.4, 0.5) is 0 Å². The Bertz CT molecular complexity index is 787. The summed E-state index contributed by atoms with van der Waals surface area (Å²) in [6.07, 6.45) is 0.568. The number of amides is 1. The molecule has 3 rings (SSSR count). The van der Waals surface area contributed by atoms with Crippen molar-refractivity contribution in [2.45, 2.75) is 41.0 Å². The zero-order chi connectivity index (χ0) is 17.1. The van der Waals surface area contributed by atoms with E-state index in [-0.39, 0.29) is 28.8 Å². The lowest BCUT2D eigenvalue weighted by Gasteiger charge is -2.14. The molecule has 2 saturated carbocycles. The van der Waals surface area contributed by atoms with E-state index < -0.39 is 5.63 Å². The number of nitrogens with one attached hydrogen (secondary N) is 1. The van der Waals surface area contributed by atoms with Gasteiger partial charge in [0.1, 0.15) is 5.76 Å². The highest BCUT2D eigenvalue weighted by Crippen LogP contribution is 2.68. The van der Waals surface area contributed by atoms with Crippen LogP contribution in [0.3, 0.4) is 0 Å². The number of carbonyl (C=O) groups excluding carboxylic acids is 2. The Labute approximate surface area is 134 Å². The van der Waals surface area contributed by atoms with Crippen LogP contribution in [0.2, 0.25) is 0 Å². The Morgan fingerprint density at radius 1 is 1.30 bits per heavy atom. The summed E-state index contributed by atoms with van der Waals surface area (Å²) >= 11 is 0. The van der Waals surface area contributed by atoms with Crippen molar-refractivity contribution in [2.24, 2.45) is 17.3 Å². The average molecular weight is 315 g/mol. The van der Waals surface area contributed by atoms with Gasteiger partial charge in [0.2, 0.25) is 0 Å². The van der Waals surface area contributed by atoms with Gasteiger partial charge in [0.25, 0.3) is 5.91 Å². The molecule has 1 amide bonds. The molecule has 0 saturated heterocycles. The van der Waals surface area contributed by atoms with E-state index in [1.165, 1.54) is 6.07 Å². The Balaban J connectivity index is 1.91. The van der Waals surface area contributed by atoms with Crippen LogP contribution in [0.5, 0.6) is 0 Å². The summed E-state index contributed by atoms with van der Waals surface area (Å²) < 4.78 is 5.00. The van der Waals surface area contributed by atoms with Gasteiger partial charge < -0.3 is 9.73 Å². The molecule has 1 aromatic rings. The third-order valence-corrected chi connectivity index (χ3v) is 5.33. The number of allylic oxidation sites excluding steroid dienone is 2. The molecule has 122 valence electrons. The Morgan fingerprint density at radius 2 is 1.96 bits per heavy atom. The largest absolute Gasteiger partial charge is 0.427 e. The van der Waals surface area contributed by atoms with Crippen LogP contribution >= 0.6 is 0 Å². The lowest BCUT2D eigenvalue weighted by atomic mass is 9.95. The van der Waals surface area contributed by atoms with Crippen molar-refractivity contribution in [3.05, 3.63) is 44.6 Å². The van der Waals surface area contributed by atoms with E-state index in [9.17, 15) is 14.4 Å². The maximum absolute atomic E-state index is 12.5. The third kappa shape index (κ3) is 2.35. The molecule has 0 aliphatic heterocycles. The van der Waals surface area contributed by atoms with Crippen LogP contribution in [0, 0.1) is 31.1 Å². The van der Waals surface area contributed by atoms with Gasteiger partial charge in [-0.1, -0.05) is 13.8 Å². The van der Waals surface area contributed by atoms with E-state index in [0.29, 0.717) is 29.2 Å². The molecule has 2 aliphatic rings. The van der Waals surface area contributed by atoms with Crippen LogP contribution in [-0.2, 0) is 4.79 Å².